The Balaban J connectivity index is 4.09. The summed E-state index contributed by atoms with van der Waals surface area (Å²) in [6, 6.07) is 0. The largest absolute Gasteiger partial charge is 0.380 e. The SMILES string of the molecule is C=C/C=C\C(=C/C=C)COC. The summed E-state index contributed by atoms with van der Waals surface area (Å²) in [6.45, 7) is 7.78. The van der Waals surface area contributed by atoms with Crippen LogP contribution in [0.4, 0.5) is 0 Å². The number of hydrogen-bond acceptors (Lipinski definition) is 1. The molecule has 0 N–H and O–H groups in total. The van der Waals surface area contributed by atoms with Crippen molar-refractivity contribution < 1.29 is 4.74 Å². The average molecular weight is 150 g/mol. The van der Waals surface area contributed by atoms with E-state index in [9.17, 15) is 0 Å². The molecule has 0 saturated carbocycles. The van der Waals surface area contributed by atoms with Gasteiger partial charge >= 0.3 is 0 Å². The van der Waals surface area contributed by atoms with Crippen LogP contribution < -0.4 is 0 Å². The predicted octanol–water partition coefficient (Wildman–Crippen LogP) is 2.49. The van der Waals surface area contributed by atoms with Gasteiger partial charge in [0.2, 0.25) is 0 Å². The predicted molar refractivity (Wildman–Crippen MR) is 49.5 cm³/mol. The van der Waals surface area contributed by atoms with Gasteiger partial charge in [0.1, 0.15) is 0 Å². The van der Waals surface area contributed by atoms with Crippen LogP contribution in [0.25, 0.3) is 0 Å². The van der Waals surface area contributed by atoms with Crippen molar-refractivity contribution in [2.45, 2.75) is 0 Å². The zero-order valence-electron chi connectivity index (χ0n) is 6.92. The van der Waals surface area contributed by atoms with Gasteiger partial charge in [-0.05, 0) is 5.57 Å². The van der Waals surface area contributed by atoms with E-state index < -0.39 is 0 Å². The van der Waals surface area contributed by atoms with Gasteiger partial charge in [-0.2, -0.15) is 0 Å². The van der Waals surface area contributed by atoms with Gasteiger partial charge in [-0.15, -0.1) is 0 Å². The van der Waals surface area contributed by atoms with Crippen molar-refractivity contribution in [3.63, 3.8) is 0 Å². The highest BCUT2D eigenvalue weighted by atomic mass is 16.5. The van der Waals surface area contributed by atoms with E-state index >= 15 is 0 Å². The van der Waals surface area contributed by atoms with Gasteiger partial charge in [0, 0.05) is 7.11 Å². The van der Waals surface area contributed by atoms with Crippen molar-refractivity contribution in [3.8, 4) is 0 Å². The van der Waals surface area contributed by atoms with Gasteiger partial charge in [-0.25, -0.2) is 0 Å². The van der Waals surface area contributed by atoms with Gasteiger partial charge in [0.25, 0.3) is 0 Å². The van der Waals surface area contributed by atoms with Crippen molar-refractivity contribution in [3.05, 3.63) is 49.1 Å². The highest BCUT2D eigenvalue weighted by molar-refractivity contribution is 5.25. The number of rotatable bonds is 5. The minimum absolute atomic E-state index is 0.607. The van der Waals surface area contributed by atoms with Crippen LogP contribution in [-0.2, 0) is 4.74 Å². The van der Waals surface area contributed by atoms with E-state index in [0.29, 0.717) is 6.61 Å². The molecule has 0 aliphatic carbocycles. The van der Waals surface area contributed by atoms with Gasteiger partial charge in [0.15, 0.2) is 0 Å². The molecule has 0 aromatic rings. The first kappa shape index (κ1) is 9.92. The molecular formula is C10H14O. The van der Waals surface area contributed by atoms with E-state index in [-0.39, 0.29) is 0 Å². The van der Waals surface area contributed by atoms with Crippen LogP contribution in [0.3, 0.4) is 0 Å². The third-order valence-electron chi connectivity index (χ3n) is 1.09. The molecule has 0 aromatic heterocycles. The fourth-order valence-electron chi connectivity index (χ4n) is 0.661. The fraction of sp³-hybridized carbons (Fsp3) is 0.200. The lowest BCUT2D eigenvalue weighted by Gasteiger charge is -1.96. The standard InChI is InChI=1S/C10H14O/c1-4-6-8-10(7-5-2)9-11-3/h4-8H,1-2,9H2,3H3/b8-6-,10-7+. The molecule has 0 spiro atoms. The maximum Gasteiger partial charge on any atom is 0.0713 e. The van der Waals surface area contributed by atoms with Crippen LogP contribution >= 0.6 is 0 Å². The van der Waals surface area contributed by atoms with E-state index in [2.05, 4.69) is 13.2 Å². The quantitative estimate of drug-likeness (QED) is 0.547. The lowest BCUT2D eigenvalue weighted by atomic mass is 10.2. The topological polar surface area (TPSA) is 9.23 Å². The number of ether oxygens (including phenoxy) is 1. The highest BCUT2D eigenvalue weighted by Gasteiger charge is 1.86. The van der Waals surface area contributed by atoms with Gasteiger partial charge in [-0.1, -0.05) is 43.5 Å². The molecule has 0 aliphatic rings. The Hall–Kier alpha value is -1.08. The van der Waals surface area contributed by atoms with Crippen molar-refractivity contribution in [2.75, 3.05) is 13.7 Å². The zero-order chi connectivity index (χ0) is 8.53. The molecule has 0 aromatic carbocycles. The molecule has 0 radical (unpaired) electrons. The summed E-state index contributed by atoms with van der Waals surface area (Å²) in [5.74, 6) is 0. The third-order valence-corrected chi connectivity index (χ3v) is 1.09. The summed E-state index contributed by atoms with van der Waals surface area (Å²) < 4.78 is 4.95. The first-order valence-electron chi connectivity index (χ1n) is 3.44. The summed E-state index contributed by atoms with van der Waals surface area (Å²) in [5.41, 5.74) is 1.09. The van der Waals surface area contributed by atoms with Crippen LogP contribution in [0.2, 0.25) is 0 Å². The second-order valence-corrected chi connectivity index (χ2v) is 2.01. The van der Waals surface area contributed by atoms with Gasteiger partial charge in [0.05, 0.1) is 6.61 Å². The average Bonchev–Trinajstić information content (AvgIpc) is 2.01. The molecule has 0 amide bonds. The Kier molecular flexibility index (Phi) is 6.34. The lowest BCUT2D eigenvalue weighted by Crippen LogP contribution is -1.89. The van der Waals surface area contributed by atoms with Crippen LogP contribution in [0, 0.1) is 0 Å². The maximum atomic E-state index is 4.95. The fourth-order valence-corrected chi connectivity index (χ4v) is 0.661. The normalized spacial score (nSPS) is 11.9. The van der Waals surface area contributed by atoms with E-state index in [1.54, 1.807) is 19.3 Å². The Morgan fingerprint density at radius 2 is 2.09 bits per heavy atom. The second-order valence-electron chi connectivity index (χ2n) is 2.01. The van der Waals surface area contributed by atoms with E-state index in [4.69, 9.17) is 4.74 Å². The smallest absolute Gasteiger partial charge is 0.0713 e. The molecule has 1 nitrogen and oxygen atoms in total. The van der Waals surface area contributed by atoms with Gasteiger partial charge in [-0.3, -0.25) is 0 Å². The summed E-state index contributed by atoms with van der Waals surface area (Å²) >= 11 is 0. The van der Waals surface area contributed by atoms with Crippen LogP contribution in [0.1, 0.15) is 0 Å². The number of methoxy groups -OCH3 is 1. The first-order chi connectivity index (χ1) is 5.35. The second kappa shape index (κ2) is 7.03. The molecule has 11 heavy (non-hydrogen) atoms. The molecule has 0 rings (SSSR count). The molecule has 1 heteroatoms. The first-order valence-corrected chi connectivity index (χ1v) is 3.44. The van der Waals surface area contributed by atoms with Crippen LogP contribution in [0.5, 0.6) is 0 Å². The van der Waals surface area contributed by atoms with Crippen molar-refractivity contribution >= 4 is 0 Å². The van der Waals surface area contributed by atoms with E-state index in [0.717, 1.165) is 5.57 Å². The molecule has 60 valence electrons. The Labute approximate surface area is 68.4 Å². The molecule has 0 heterocycles. The van der Waals surface area contributed by atoms with Crippen LogP contribution in [0.15, 0.2) is 49.1 Å². The minimum atomic E-state index is 0.607. The Bertz CT molecular complexity index is 175. The summed E-state index contributed by atoms with van der Waals surface area (Å²) in [6.07, 6.45) is 9.18. The van der Waals surface area contributed by atoms with Gasteiger partial charge < -0.3 is 4.74 Å². The molecular weight excluding hydrogens is 136 g/mol. The molecule has 0 unspecified atom stereocenters. The van der Waals surface area contributed by atoms with E-state index in [1.807, 2.05) is 18.2 Å². The summed E-state index contributed by atoms with van der Waals surface area (Å²) in [4.78, 5) is 0. The zero-order valence-corrected chi connectivity index (χ0v) is 6.92. The van der Waals surface area contributed by atoms with E-state index in [1.165, 1.54) is 0 Å². The van der Waals surface area contributed by atoms with Crippen molar-refractivity contribution in [2.24, 2.45) is 0 Å². The Morgan fingerprint density at radius 1 is 1.36 bits per heavy atom. The monoisotopic (exact) mass is 150 g/mol. The van der Waals surface area contributed by atoms with Crippen LogP contribution in [-0.4, -0.2) is 13.7 Å². The minimum Gasteiger partial charge on any atom is -0.380 e. The third kappa shape index (κ3) is 5.37. The molecule has 0 fully saturated rings. The molecule has 0 bridgehead atoms. The number of hydrogen-bond donors (Lipinski definition) is 0. The van der Waals surface area contributed by atoms with Crippen molar-refractivity contribution in [1.29, 1.82) is 0 Å². The summed E-state index contributed by atoms with van der Waals surface area (Å²) in [7, 11) is 1.67. The molecule has 0 saturated heterocycles. The van der Waals surface area contributed by atoms with Crippen molar-refractivity contribution in [1.82, 2.24) is 0 Å². The molecule has 0 aliphatic heterocycles. The number of allylic oxidation sites excluding steroid dienone is 4. The Morgan fingerprint density at radius 3 is 2.55 bits per heavy atom. The maximum absolute atomic E-state index is 4.95. The highest BCUT2D eigenvalue weighted by Crippen LogP contribution is 1.97. The summed E-state index contributed by atoms with van der Waals surface area (Å²) in [5, 5.41) is 0. The lowest BCUT2D eigenvalue weighted by molar-refractivity contribution is 0.228. The molecule has 0 atom stereocenters.